The van der Waals surface area contributed by atoms with Crippen LogP contribution in [-0.2, 0) is 23.2 Å². The number of alkyl halides is 6. The van der Waals surface area contributed by atoms with Crippen LogP contribution in [0, 0.1) is 17.3 Å². The molecule has 5 nitrogen and oxygen atoms in total. The fourth-order valence-electron chi connectivity index (χ4n) is 7.12. The number of halogens is 6. The highest BCUT2D eigenvalue weighted by atomic mass is 32.1. The zero-order valence-corrected chi connectivity index (χ0v) is 27.1. The number of rotatable bonds is 6. The first-order valence-electron chi connectivity index (χ1n) is 13.2. The van der Waals surface area contributed by atoms with E-state index in [0.29, 0.717) is 31.2 Å². The summed E-state index contributed by atoms with van der Waals surface area (Å²) in [5, 5.41) is -0.428. The number of ketones is 2. The number of carbonyl (C=O) groups excluding carboxylic acids is 2. The molecule has 0 spiro atoms. The topological polar surface area (TPSA) is 69.7 Å². The molecule has 0 unspecified atom stereocenters. The third kappa shape index (κ3) is 8.20. The third-order valence-electron chi connectivity index (χ3n) is 8.85. The summed E-state index contributed by atoms with van der Waals surface area (Å²) in [6.45, 7) is -2.10. The van der Waals surface area contributed by atoms with Crippen LogP contribution in [0.15, 0.2) is 47.1 Å². The van der Waals surface area contributed by atoms with Gasteiger partial charge < -0.3 is 0 Å². The van der Waals surface area contributed by atoms with Crippen LogP contribution in [0.2, 0.25) is 0 Å². The van der Waals surface area contributed by atoms with Crippen LogP contribution >= 0.6 is 48.1 Å². The van der Waals surface area contributed by atoms with Crippen molar-refractivity contribution in [3.8, 4) is 0 Å². The molecular formula is C29H39F6O5PS3. The van der Waals surface area contributed by atoms with Crippen LogP contribution in [-0.4, -0.2) is 37.1 Å². The second-order valence-corrected chi connectivity index (χ2v) is 13.4. The SMILES string of the molecule is C.C[C@]12C[C@H](c3ccc(P(=O)(OCC(F)(F)F)OCC(F)(F)F)cc3)C3=C4CCC(=O)C=C4CC[C@H]3[C@@H]1CCC2=O.S.S.S. The van der Waals surface area contributed by atoms with Gasteiger partial charge in [-0.15, -0.1) is 0 Å². The van der Waals surface area contributed by atoms with Crippen LogP contribution in [0.3, 0.4) is 0 Å². The number of hydrogen-bond donors (Lipinski definition) is 0. The number of Topliss-reactive ketones (excluding diaryl/α,β-unsaturated/α-hetero) is 1. The van der Waals surface area contributed by atoms with Crippen molar-refractivity contribution in [1.82, 2.24) is 0 Å². The Morgan fingerprint density at radius 3 is 1.98 bits per heavy atom. The molecule has 4 atom stereocenters. The fraction of sp³-hybridized carbons (Fsp3) is 0.586. The number of fused-ring (bicyclic) bond motifs is 4. The molecule has 4 aliphatic rings. The maximum Gasteiger partial charge on any atom is 0.412 e. The molecule has 0 N–H and O–H groups in total. The van der Waals surface area contributed by atoms with Gasteiger partial charge >= 0.3 is 19.9 Å². The van der Waals surface area contributed by atoms with E-state index >= 15 is 0 Å². The summed E-state index contributed by atoms with van der Waals surface area (Å²) in [4.78, 5) is 25.2. The molecule has 5 rings (SSSR count). The Hall–Kier alpha value is -1.18. The molecule has 44 heavy (non-hydrogen) atoms. The summed E-state index contributed by atoms with van der Waals surface area (Å²) in [5.41, 5.74) is 3.43. The van der Waals surface area contributed by atoms with Crippen molar-refractivity contribution in [1.29, 1.82) is 0 Å². The lowest BCUT2D eigenvalue weighted by atomic mass is 9.53. The van der Waals surface area contributed by atoms with Gasteiger partial charge in [0.2, 0.25) is 0 Å². The second kappa shape index (κ2) is 14.7. The smallest absolute Gasteiger partial charge is 0.299 e. The molecule has 0 radical (unpaired) electrons. The average Bonchev–Trinajstić information content (AvgIpc) is 3.18. The monoisotopic (exact) mass is 708 g/mol. The van der Waals surface area contributed by atoms with Crippen LogP contribution in [0.4, 0.5) is 26.3 Å². The van der Waals surface area contributed by atoms with E-state index in [1.165, 1.54) is 29.8 Å². The molecule has 4 aliphatic carbocycles. The predicted molar refractivity (Wildman–Crippen MR) is 171 cm³/mol. The largest absolute Gasteiger partial charge is 0.412 e. The minimum Gasteiger partial charge on any atom is -0.299 e. The Labute approximate surface area is 274 Å². The number of allylic oxidation sites excluding steroid dienone is 4. The Morgan fingerprint density at radius 1 is 0.864 bits per heavy atom. The van der Waals surface area contributed by atoms with Crippen molar-refractivity contribution in [2.24, 2.45) is 17.3 Å². The molecule has 2 fully saturated rings. The van der Waals surface area contributed by atoms with Gasteiger partial charge in [0.05, 0.1) is 5.30 Å². The first kappa shape index (κ1) is 40.8. The summed E-state index contributed by atoms with van der Waals surface area (Å²) in [6.07, 6.45) is -3.87. The van der Waals surface area contributed by atoms with Crippen molar-refractivity contribution in [3.63, 3.8) is 0 Å². The Balaban J connectivity index is 0.00000242. The molecule has 1 aromatic carbocycles. The van der Waals surface area contributed by atoms with E-state index < -0.39 is 43.9 Å². The third-order valence-corrected chi connectivity index (χ3v) is 10.7. The predicted octanol–water partition coefficient (Wildman–Crippen LogP) is 8.11. The number of hydrogen-bond acceptors (Lipinski definition) is 5. The standard InChI is InChI=1S/C28H29F6O5P.CH4.3H2S/c1-26-13-22(25-20-9-5-18(35)12-17(20)4-8-21(25)23(26)10-11-24(26)36)16-2-6-19(7-3-16)40(37,38-14-27(29,30)31)39-15-28(32,33)34;;;;/h2-3,6-7,12,21-23H,4-5,8-11,13-15H2,1H3;1H4;3*1H2/t21-,22+,23-,26-;;;;/m0..../s1. The van der Waals surface area contributed by atoms with E-state index in [0.717, 1.165) is 30.4 Å². The highest BCUT2D eigenvalue weighted by molar-refractivity contribution is 7.62. The fourth-order valence-corrected chi connectivity index (χ4v) is 8.64. The van der Waals surface area contributed by atoms with Crippen molar-refractivity contribution >= 4 is 65.0 Å². The van der Waals surface area contributed by atoms with Gasteiger partial charge in [-0.3, -0.25) is 23.2 Å². The van der Waals surface area contributed by atoms with Gasteiger partial charge in [0.15, 0.2) is 19.0 Å². The van der Waals surface area contributed by atoms with Crippen LogP contribution < -0.4 is 5.30 Å². The van der Waals surface area contributed by atoms with E-state index in [4.69, 9.17) is 0 Å². The summed E-state index contributed by atoms with van der Waals surface area (Å²) in [5.74, 6) is 0.314. The molecule has 0 saturated heterocycles. The zero-order valence-electron chi connectivity index (χ0n) is 23.2. The second-order valence-electron chi connectivity index (χ2n) is 11.3. The molecular weight excluding hydrogens is 669 g/mol. The van der Waals surface area contributed by atoms with Crippen molar-refractivity contribution in [2.75, 3.05) is 13.2 Å². The summed E-state index contributed by atoms with van der Waals surface area (Å²) in [7, 11) is -4.98. The minimum atomic E-state index is -4.98. The molecule has 1 aromatic rings. The van der Waals surface area contributed by atoms with Gasteiger partial charge in [0, 0.05) is 24.2 Å². The average molecular weight is 709 g/mol. The minimum absolute atomic E-state index is 0. The maximum absolute atomic E-state index is 13.1. The van der Waals surface area contributed by atoms with Crippen LogP contribution in [0.1, 0.15) is 70.8 Å². The quantitative estimate of drug-likeness (QED) is 0.221. The van der Waals surface area contributed by atoms with E-state index in [1.807, 2.05) is 6.92 Å². The summed E-state index contributed by atoms with van der Waals surface area (Å²) >= 11 is 0. The molecule has 0 aromatic heterocycles. The van der Waals surface area contributed by atoms with Gasteiger partial charge in [-0.2, -0.15) is 66.8 Å². The summed E-state index contributed by atoms with van der Waals surface area (Å²) in [6, 6.07) is 5.39. The zero-order chi connectivity index (χ0) is 29.1. The van der Waals surface area contributed by atoms with Gasteiger partial charge in [0.1, 0.15) is 5.78 Å². The highest BCUT2D eigenvalue weighted by Crippen LogP contribution is 2.62. The molecule has 15 heteroatoms. The highest BCUT2D eigenvalue weighted by Gasteiger charge is 2.56. The first-order chi connectivity index (χ1) is 18.6. The van der Waals surface area contributed by atoms with E-state index in [-0.39, 0.29) is 77.2 Å². The van der Waals surface area contributed by atoms with E-state index in [9.17, 15) is 40.5 Å². The normalized spacial score (nSPS) is 26.5. The first-order valence-corrected chi connectivity index (χ1v) is 14.8. The van der Waals surface area contributed by atoms with E-state index in [2.05, 4.69) is 9.05 Å². The molecule has 0 amide bonds. The number of benzene rings is 1. The van der Waals surface area contributed by atoms with Crippen LogP contribution in [0.5, 0.6) is 0 Å². The maximum atomic E-state index is 13.1. The van der Waals surface area contributed by atoms with Gasteiger partial charge in [-0.25, -0.2) is 0 Å². The van der Waals surface area contributed by atoms with Crippen LogP contribution in [0.25, 0.3) is 0 Å². The summed E-state index contributed by atoms with van der Waals surface area (Å²) < 4.78 is 98.8. The molecule has 0 heterocycles. The van der Waals surface area contributed by atoms with E-state index in [1.54, 1.807) is 6.08 Å². The lowest BCUT2D eigenvalue weighted by Gasteiger charge is -2.50. The van der Waals surface area contributed by atoms with Crippen molar-refractivity contribution < 1.29 is 49.5 Å². The van der Waals surface area contributed by atoms with Crippen molar-refractivity contribution in [3.05, 3.63) is 52.6 Å². The Morgan fingerprint density at radius 2 is 1.43 bits per heavy atom. The lowest BCUT2D eigenvalue weighted by Crippen LogP contribution is -2.43. The Bertz CT molecular complexity index is 1310. The van der Waals surface area contributed by atoms with Gasteiger partial charge in [-0.1, -0.05) is 32.1 Å². The van der Waals surface area contributed by atoms with Gasteiger partial charge in [-0.05, 0) is 78.9 Å². The van der Waals surface area contributed by atoms with Crippen molar-refractivity contribution in [2.45, 2.75) is 77.6 Å². The van der Waals surface area contributed by atoms with Gasteiger partial charge in [0.25, 0.3) is 0 Å². The Kier molecular flexibility index (Phi) is 13.7. The molecule has 0 bridgehead atoms. The molecule has 2 saturated carbocycles. The lowest BCUT2D eigenvalue weighted by molar-refractivity contribution is -0.164. The molecule has 0 aliphatic heterocycles. The number of carbonyl (C=O) groups is 2. The molecule has 250 valence electrons.